The molecule has 1 amide bonds. The average molecular weight is 496 g/mol. The normalized spacial score (nSPS) is 18.4. The van der Waals surface area contributed by atoms with Gasteiger partial charge >= 0.3 is 0 Å². The topological polar surface area (TPSA) is 78.9 Å². The van der Waals surface area contributed by atoms with Crippen molar-refractivity contribution >= 4 is 21.6 Å². The van der Waals surface area contributed by atoms with Crippen molar-refractivity contribution in [3.63, 3.8) is 0 Å². The van der Waals surface area contributed by atoms with E-state index in [0.717, 1.165) is 17.0 Å². The number of fused-ring (bicyclic) bond motifs is 1. The van der Waals surface area contributed by atoms with E-state index in [1.165, 1.54) is 28.6 Å². The molecule has 1 N–H and O–H groups in total. The van der Waals surface area contributed by atoms with Crippen LogP contribution >= 0.6 is 0 Å². The largest absolute Gasteiger partial charge is 0.493 e. The van der Waals surface area contributed by atoms with E-state index < -0.39 is 10.0 Å². The van der Waals surface area contributed by atoms with Crippen LogP contribution in [-0.2, 0) is 10.0 Å². The number of hydrogen-bond donors (Lipinski definition) is 1. The van der Waals surface area contributed by atoms with Crippen LogP contribution in [0.25, 0.3) is 0 Å². The van der Waals surface area contributed by atoms with Gasteiger partial charge in [0.2, 0.25) is 10.0 Å². The Labute approximate surface area is 204 Å². The highest BCUT2D eigenvalue weighted by Crippen LogP contribution is 2.32. The third-order valence-electron chi connectivity index (χ3n) is 6.43. The lowest BCUT2D eigenvalue weighted by molar-refractivity contribution is 0.0924. The molecule has 2 aliphatic rings. The Morgan fingerprint density at radius 2 is 1.69 bits per heavy atom. The van der Waals surface area contributed by atoms with Crippen LogP contribution in [0, 0.1) is 5.82 Å². The van der Waals surface area contributed by atoms with E-state index in [0.29, 0.717) is 44.8 Å². The first-order valence-corrected chi connectivity index (χ1v) is 13.0. The lowest BCUT2D eigenvalue weighted by atomic mass is 10.00. The number of rotatable bonds is 5. The van der Waals surface area contributed by atoms with Crippen molar-refractivity contribution in [1.82, 2.24) is 9.62 Å². The highest BCUT2D eigenvalue weighted by atomic mass is 32.2. The van der Waals surface area contributed by atoms with Gasteiger partial charge in [-0.05, 0) is 48.5 Å². The van der Waals surface area contributed by atoms with Gasteiger partial charge in [0.15, 0.2) is 0 Å². The highest BCUT2D eigenvalue weighted by molar-refractivity contribution is 7.89. The van der Waals surface area contributed by atoms with Crippen molar-refractivity contribution in [1.29, 1.82) is 0 Å². The molecule has 0 bridgehead atoms. The first kappa shape index (κ1) is 23.3. The molecule has 0 aliphatic carbocycles. The van der Waals surface area contributed by atoms with Crippen molar-refractivity contribution in [2.75, 3.05) is 37.7 Å². The molecule has 0 radical (unpaired) electrons. The predicted octanol–water partition coefficient (Wildman–Crippen LogP) is 3.59. The van der Waals surface area contributed by atoms with E-state index in [4.69, 9.17) is 4.74 Å². The number of amides is 1. The molecule has 35 heavy (non-hydrogen) atoms. The van der Waals surface area contributed by atoms with Gasteiger partial charge in [-0.15, -0.1) is 0 Å². The maximum absolute atomic E-state index is 13.3. The minimum Gasteiger partial charge on any atom is -0.493 e. The number of ether oxygens (including phenoxy) is 1. The first-order valence-electron chi connectivity index (χ1n) is 11.6. The number of benzene rings is 3. The van der Waals surface area contributed by atoms with E-state index in [2.05, 4.69) is 5.32 Å². The third kappa shape index (κ3) is 4.87. The molecule has 0 saturated carbocycles. The molecule has 0 unspecified atom stereocenters. The van der Waals surface area contributed by atoms with Crippen LogP contribution in [0.4, 0.5) is 10.1 Å². The molecular formula is C26H26FN3O4S. The summed E-state index contributed by atoms with van der Waals surface area (Å²) in [6, 6.07) is 19.7. The maximum atomic E-state index is 13.3. The molecule has 5 rings (SSSR count). The van der Waals surface area contributed by atoms with Gasteiger partial charge in [-0.2, -0.15) is 4.31 Å². The van der Waals surface area contributed by atoms with E-state index in [9.17, 15) is 17.6 Å². The number of anilines is 1. The van der Waals surface area contributed by atoms with Gasteiger partial charge in [0, 0.05) is 49.4 Å². The highest BCUT2D eigenvalue weighted by Gasteiger charge is 2.30. The summed E-state index contributed by atoms with van der Waals surface area (Å²) in [4.78, 5) is 15.1. The Morgan fingerprint density at radius 1 is 0.943 bits per heavy atom. The number of nitrogens with zero attached hydrogens (tertiary/aromatic N) is 2. The zero-order valence-electron chi connectivity index (χ0n) is 19.1. The molecule has 2 aliphatic heterocycles. The summed E-state index contributed by atoms with van der Waals surface area (Å²) in [5, 5.41) is 3.02. The second-order valence-corrected chi connectivity index (χ2v) is 10.5. The fourth-order valence-electron chi connectivity index (χ4n) is 4.52. The predicted molar refractivity (Wildman–Crippen MR) is 131 cm³/mol. The number of piperazine rings is 1. The van der Waals surface area contributed by atoms with Crippen LogP contribution in [0.5, 0.6) is 5.75 Å². The molecular weight excluding hydrogens is 469 g/mol. The number of nitrogens with one attached hydrogen (secondary N) is 1. The van der Waals surface area contributed by atoms with Crippen LogP contribution in [0.3, 0.4) is 0 Å². The Balaban J connectivity index is 1.28. The van der Waals surface area contributed by atoms with E-state index in [1.807, 2.05) is 29.2 Å². The van der Waals surface area contributed by atoms with Crippen LogP contribution in [0.1, 0.15) is 28.4 Å². The molecule has 1 atom stereocenters. The SMILES string of the molecule is O=C(N[C@H]1CCOc2ccccc21)c1cccc(S(=O)(=O)N2CCN(c3ccc(F)cc3)CC2)c1. The van der Waals surface area contributed by atoms with Gasteiger partial charge in [-0.25, -0.2) is 12.8 Å². The van der Waals surface area contributed by atoms with Gasteiger partial charge in [0.25, 0.3) is 5.91 Å². The van der Waals surface area contributed by atoms with E-state index in [1.54, 1.807) is 24.3 Å². The zero-order valence-corrected chi connectivity index (χ0v) is 19.9. The standard InChI is InChI=1S/C26H26FN3O4S/c27-20-8-10-21(11-9-20)29-13-15-30(16-14-29)35(32,33)22-5-3-4-19(18-22)26(31)28-24-12-17-34-25-7-2-1-6-23(24)25/h1-11,18,24H,12-17H2,(H,28,31)/t24-/m0/s1. The van der Waals surface area contributed by atoms with Crippen LogP contribution in [-0.4, -0.2) is 51.4 Å². The molecule has 9 heteroatoms. The third-order valence-corrected chi connectivity index (χ3v) is 8.32. The number of hydrogen-bond acceptors (Lipinski definition) is 5. The summed E-state index contributed by atoms with van der Waals surface area (Å²) in [6.07, 6.45) is 0.638. The monoisotopic (exact) mass is 495 g/mol. The maximum Gasteiger partial charge on any atom is 0.251 e. The Bertz CT molecular complexity index is 1320. The number of sulfonamides is 1. The molecule has 3 aromatic rings. The minimum absolute atomic E-state index is 0.0905. The van der Waals surface area contributed by atoms with Crippen molar-refractivity contribution in [3.8, 4) is 5.75 Å². The summed E-state index contributed by atoms with van der Waals surface area (Å²) < 4.78 is 46.9. The molecule has 3 aromatic carbocycles. The molecule has 2 heterocycles. The van der Waals surface area contributed by atoms with Gasteiger partial charge in [-0.1, -0.05) is 24.3 Å². The fourth-order valence-corrected chi connectivity index (χ4v) is 5.99. The average Bonchev–Trinajstić information content (AvgIpc) is 2.89. The summed E-state index contributed by atoms with van der Waals surface area (Å²) in [5.74, 6) is 0.116. The summed E-state index contributed by atoms with van der Waals surface area (Å²) in [6.45, 7) is 2.09. The lowest BCUT2D eigenvalue weighted by Gasteiger charge is -2.35. The van der Waals surface area contributed by atoms with Crippen molar-refractivity contribution in [2.45, 2.75) is 17.4 Å². The smallest absolute Gasteiger partial charge is 0.251 e. The Hall–Kier alpha value is -3.43. The quantitative estimate of drug-likeness (QED) is 0.585. The molecule has 7 nitrogen and oxygen atoms in total. The summed E-state index contributed by atoms with van der Waals surface area (Å²) in [7, 11) is -3.77. The van der Waals surface area contributed by atoms with Crippen LogP contribution in [0.2, 0.25) is 0 Å². The Kier molecular flexibility index (Phi) is 6.44. The lowest BCUT2D eigenvalue weighted by Crippen LogP contribution is -2.48. The van der Waals surface area contributed by atoms with Crippen LogP contribution < -0.4 is 15.0 Å². The summed E-state index contributed by atoms with van der Waals surface area (Å²) in [5.41, 5.74) is 2.06. The van der Waals surface area contributed by atoms with Gasteiger partial charge < -0.3 is 15.0 Å². The van der Waals surface area contributed by atoms with Crippen molar-refractivity contribution < 1.29 is 22.3 Å². The van der Waals surface area contributed by atoms with Crippen molar-refractivity contribution in [3.05, 3.63) is 89.7 Å². The molecule has 182 valence electrons. The number of halogens is 1. The Morgan fingerprint density at radius 3 is 2.46 bits per heavy atom. The molecule has 1 fully saturated rings. The second kappa shape index (κ2) is 9.67. The minimum atomic E-state index is -3.77. The van der Waals surface area contributed by atoms with Gasteiger partial charge in [-0.3, -0.25) is 4.79 Å². The number of carbonyl (C=O) groups excluding carboxylic acids is 1. The molecule has 0 spiro atoms. The first-order chi connectivity index (χ1) is 16.9. The number of carbonyl (C=O) groups is 1. The summed E-state index contributed by atoms with van der Waals surface area (Å²) >= 11 is 0. The molecule has 1 saturated heterocycles. The van der Waals surface area contributed by atoms with E-state index in [-0.39, 0.29) is 22.7 Å². The second-order valence-electron chi connectivity index (χ2n) is 8.60. The fraction of sp³-hybridized carbons (Fsp3) is 0.269. The molecule has 0 aromatic heterocycles. The van der Waals surface area contributed by atoms with E-state index >= 15 is 0 Å². The zero-order chi connectivity index (χ0) is 24.4. The van der Waals surface area contributed by atoms with Gasteiger partial charge in [0.1, 0.15) is 11.6 Å². The van der Waals surface area contributed by atoms with Crippen molar-refractivity contribution in [2.24, 2.45) is 0 Å². The van der Waals surface area contributed by atoms with Gasteiger partial charge in [0.05, 0.1) is 17.5 Å². The number of para-hydroxylation sites is 1. The van der Waals surface area contributed by atoms with Crippen LogP contribution in [0.15, 0.2) is 77.7 Å².